The molecule has 0 aromatic heterocycles. The van der Waals surface area contributed by atoms with E-state index >= 15 is 0 Å². The van der Waals surface area contributed by atoms with Gasteiger partial charge in [0.1, 0.15) is 5.82 Å². The van der Waals surface area contributed by atoms with Gasteiger partial charge in [-0.25, -0.2) is 4.39 Å². The van der Waals surface area contributed by atoms with Crippen LogP contribution in [0.3, 0.4) is 0 Å². The van der Waals surface area contributed by atoms with Gasteiger partial charge in [0.2, 0.25) is 5.91 Å². The number of likely N-dealkylation sites (N-methyl/N-ethyl adjacent to an activating group) is 1. The maximum atomic E-state index is 12.8. The molecular formula is C13H18FN3O. The summed E-state index contributed by atoms with van der Waals surface area (Å²) in [6.45, 7) is 1.28. The van der Waals surface area contributed by atoms with Gasteiger partial charge >= 0.3 is 0 Å². The zero-order valence-electron chi connectivity index (χ0n) is 10.4. The molecule has 0 atom stereocenters. The van der Waals surface area contributed by atoms with Crippen LogP contribution in [0.5, 0.6) is 0 Å². The summed E-state index contributed by atoms with van der Waals surface area (Å²) >= 11 is 0. The second-order valence-corrected chi connectivity index (χ2v) is 4.92. The highest BCUT2D eigenvalue weighted by molar-refractivity contribution is 5.95. The largest absolute Gasteiger partial charge is 0.397 e. The van der Waals surface area contributed by atoms with Crippen LogP contribution in [0, 0.1) is 11.7 Å². The van der Waals surface area contributed by atoms with E-state index in [9.17, 15) is 9.18 Å². The number of nitrogens with zero attached hydrogens (tertiary/aromatic N) is 1. The Morgan fingerprint density at radius 3 is 2.89 bits per heavy atom. The number of rotatable bonds is 5. The minimum Gasteiger partial charge on any atom is -0.397 e. The van der Waals surface area contributed by atoms with Crippen LogP contribution < -0.4 is 11.1 Å². The predicted molar refractivity (Wildman–Crippen MR) is 69.7 cm³/mol. The smallest absolute Gasteiger partial charge is 0.238 e. The highest BCUT2D eigenvalue weighted by atomic mass is 19.1. The van der Waals surface area contributed by atoms with Crippen LogP contribution in [0.25, 0.3) is 0 Å². The fraction of sp³-hybridized carbons (Fsp3) is 0.462. The summed E-state index contributed by atoms with van der Waals surface area (Å²) in [6, 6.07) is 3.95. The number of amides is 1. The second-order valence-electron chi connectivity index (χ2n) is 4.92. The Balaban J connectivity index is 1.85. The van der Waals surface area contributed by atoms with Crippen LogP contribution in [0.15, 0.2) is 18.2 Å². The van der Waals surface area contributed by atoms with Crippen molar-refractivity contribution in [1.29, 1.82) is 0 Å². The summed E-state index contributed by atoms with van der Waals surface area (Å²) in [5, 5.41) is 2.69. The Labute approximate surface area is 106 Å². The summed E-state index contributed by atoms with van der Waals surface area (Å²) in [7, 11) is 1.92. The van der Waals surface area contributed by atoms with E-state index in [-0.39, 0.29) is 11.6 Å². The summed E-state index contributed by atoms with van der Waals surface area (Å²) in [6.07, 6.45) is 2.52. The molecule has 1 saturated carbocycles. The maximum absolute atomic E-state index is 12.8. The van der Waals surface area contributed by atoms with E-state index in [0.717, 1.165) is 12.5 Å². The van der Waals surface area contributed by atoms with Crippen molar-refractivity contribution in [2.24, 2.45) is 5.92 Å². The number of nitrogen functional groups attached to an aromatic ring is 1. The molecule has 1 fully saturated rings. The first-order valence-corrected chi connectivity index (χ1v) is 6.08. The van der Waals surface area contributed by atoms with E-state index < -0.39 is 5.82 Å². The van der Waals surface area contributed by atoms with Gasteiger partial charge in [0, 0.05) is 6.54 Å². The van der Waals surface area contributed by atoms with Crippen molar-refractivity contribution in [2.75, 3.05) is 31.2 Å². The van der Waals surface area contributed by atoms with E-state index in [2.05, 4.69) is 5.32 Å². The molecule has 5 heteroatoms. The molecule has 1 aromatic rings. The Morgan fingerprint density at radius 2 is 2.28 bits per heavy atom. The molecule has 0 unspecified atom stereocenters. The first-order valence-electron chi connectivity index (χ1n) is 6.08. The van der Waals surface area contributed by atoms with Crippen molar-refractivity contribution < 1.29 is 9.18 Å². The van der Waals surface area contributed by atoms with Gasteiger partial charge in [0.15, 0.2) is 0 Å². The first kappa shape index (κ1) is 12.8. The summed E-state index contributed by atoms with van der Waals surface area (Å²) in [5.74, 6) is 0.214. The van der Waals surface area contributed by atoms with Gasteiger partial charge in [-0.1, -0.05) is 0 Å². The Bertz CT molecular complexity index is 446. The molecule has 3 N–H and O–H groups in total. The number of nitrogens with one attached hydrogen (secondary N) is 1. The lowest BCUT2D eigenvalue weighted by Gasteiger charge is -2.16. The van der Waals surface area contributed by atoms with Crippen molar-refractivity contribution in [3.05, 3.63) is 24.0 Å². The molecular weight excluding hydrogens is 233 g/mol. The van der Waals surface area contributed by atoms with Crippen molar-refractivity contribution >= 4 is 17.3 Å². The van der Waals surface area contributed by atoms with Crippen LogP contribution >= 0.6 is 0 Å². The van der Waals surface area contributed by atoms with Gasteiger partial charge < -0.3 is 11.1 Å². The fourth-order valence-electron chi connectivity index (χ4n) is 1.89. The Morgan fingerprint density at radius 1 is 1.56 bits per heavy atom. The summed E-state index contributed by atoms with van der Waals surface area (Å²) < 4.78 is 12.8. The third-order valence-electron chi connectivity index (χ3n) is 2.97. The number of carbonyl (C=O) groups is 1. The molecule has 1 aliphatic rings. The molecule has 0 heterocycles. The molecule has 1 aliphatic carbocycles. The number of anilines is 2. The van der Waals surface area contributed by atoms with E-state index in [1.807, 2.05) is 11.9 Å². The number of hydrogen-bond acceptors (Lipinski definition) is 3. The quantitative estimate of drug-likeness (QED) is 0.783. The zero-order valence-corrected chi connectivity index (χ0v) is 10.4. The van der Waals surface area contributed by atoms with Gasteiger partial charge in [-0.2, -0.15) is 0 Å². The molecule has 0 aliphatic heterocycles. The SMILES string of the molecule is CN(CC(=O)Nc1ccc(F)cc1N)CC1CC1. The standard InChI is InChI=1S/C13H18FN3O/c1-17(7-9-2-3-9)8-13(18)16-12-5-4-10(14)6-11(12)15/h4-6,9H,2-3,7-8,15H2,1H3,(H,16,18). The van der Waals surface area contributed by atoms with Crippen LogP contribution in [-0.2, 0) is 4.79 Å². The van der Waals surface area contributed by atoms with Crippen LogP contribution in [0.4, 0.5) is 15.8 Å². The zero-order chi connectivity index (χ0) is 13.1. The van der Waals surface area contributed by atoms with Crippen LogP contribution in [-0.4, -0.2) is 30.9 Å². The van der Waals surface area contributed by atoms with Crippen LogP contribution in [0.2, 0.25) is 0 Å². The molecule has 4 nitrogen and oxygen atoms in total. The second kappa shape index (κ2) is 5.35. The predicted octanol–water partition coefficient (Wildman–Crippen LogP) is 1.69. The lowest BCUT2D eigenvalue weighted by Crippen LogP contribution is -2.31. The third kappa shape index (κ3) is 3.70. The Hall–Kier alpha value is -1.62. The minimum absolute atomic E-state index is 0.128. The normalized spacial score (nSPS) is 14.8. The molecule has 1 amide bonds. The average Bonchev–Trinajstić information content (AvgIpc) is 3.05. The molecule has 1 aromatic carbocycles. The lowest BCUT2D eigenvalue weighted by atomic mass is 10.2. The minimum atomic E-state index is -0.406. The number of carbonyl (C=O) groups excluding carboxylic acids is 1. The van der Waals surface area contributed by atoms with Gasteiger partial charge in [-0.05, 0) is 44.0 Å². The van der Waals surface area contributed by atoms with Crippen molar-refractivity contribution in [3.8, 4) is 0 Å². The molecule has 0 radical (unpaired) electrons. The highest BCUT2D eigenvalue weighted by Gasteiger charge is 2.23. The third-order valence-corrected chi connectivity index (χ3v) is 2.97. The molecule has 2 rings (SSSR count). The first-order chi connectivity index (χ1) is 8.54. The van der Waals surface area contributed by atoms with Crippen molar-refractivity contribution in [3.63, 3.8) is 0 Å². The lowest BCUT2D eigenvalue weighted by molar-refractivity contribution is -0.117. The number of nitrogens with two attached hydrogens (primary N) is 1. The molecule has 0 spiro atoms. The van der Waals surface area contributed by atoms with Crippen LogP contribution in [0.1, 0.15) is 12.8 Å². The average molecular weight is 251 g/mol. The fourth-order valence-corrected chi connectivity index (χ4v) is 1.89. The topological polar surface area (TPSA) is 58.4 Å². The van der Waals surface area contributed by atoms with Crippen molar-refractivity contribution in [1.82, 2.24) is 4.90 Å². The van der Waals surface area contributed by atoms with Crippen molar-refractivity contribution in [2.45, 2.75) is 12.8 Å². The number of halogens is 1. The van der Waals surface area contributed by atoms with E-state index in [1.54, 1.807) is 0 Å². The molecule has 18 heavy (non-hydrogen) atoms. The molecule has 0 saturated heterocycles. The highest BCUT2D eigenvalue weighted by Crippen LogP contribution is 2.29. The summed E-state index contributed by atoms with van der Waals surface area (Å²) in [4.78, 5) is 13.8. The van der Waals surface area contributed by atoms with Gasteiger partial charge in [-0.3, -0.25) is 9.69 Å². The number of benzene rings is 1. The monoisotopic (exact) mass is 251 g/mol. The molecule has 0 bridgehead atoms. The maximum Gasteiger partial charge on any atom is 0.238 e. The van der Waals surface area contributed by atoms with E-state index in [1.165, 1.54) is 31.0 Å². The van der Waals surface area contributed by atoms with Gasteiger partial charge in [-0.15, -0.1) is 0 Å². The Kier molecular flexibility index (Phi) is 3.81. The summed E-state index contributed by atoms with van der Waals surface area (Å²) in [5.41, 5.74) is 6.33. The molecule has 98 valence electrons. The van der Waals surface area contributed by atoms with E-state index in [0.29, 0.717) is 12.2 Å². The van der Waals surface area contributed by atoms with Gasteiger partial charge in [0.05, 0.1) is 17.9 Å². The van der Waals surface area contributed by atoms with E-state index in [4.69, 9.17) is 5.73 Å². The van der Waals surface area contributed by atoms with Gasteiger partial charge in [0.25, 0.3) is 0 Å². The number of hydrogen-bond donors (Lipinski definition) is 2.